The Kier molecular flexibility index (Phi) is 12.0. The molecule has 5 heterocycles. The van der Waals surface area contributed by atoms with Crippen molar-refractivity contribution in [2.75, 3.05) is 0 Å². The molecule has 1 fully saturated rings. The number of carbonyl (C=O) groups excluding carboxylic acids is 3. The molecular weight excluding hydrogens is 716 g/mol. The van der Waals surface area contributed by atoms with Crippen molar-refractivity contribution in [3.8, 4) is 0 Å². The lowest BCUT2D eigenvalue weighted by atomic mass is 9.98. The zero-order valence-electron chi connectivity index (χ0n) is 30.7. The van der Waals surface area contributed by atoms with E-state index in [4.69, 9.17) is 9.47 Å². The Morgan fingerprint density at radius 1 is 0.745 bits per heavy atom. The van der Waals surface area contributed by atoms with Gasteiger partial charge in [0.05, 0.1) is 5.70 Å². The van der Waals surface area contributed by atoms with Gasteiger partial charge in [0.1, 0.15) is 18.3 Å². The molecule has 16 nitrogen and oxygen atoms in total. The highest BCUT2D eigenvalue weighted by Crippen LogP contribution is 2.32. The summed E-state index contributed by atoms with van der Waals surface area (Å²) >= 11 is 0. The number of hydrogen-bond acceptors (Lipinski definition) is 10. The fraction of sp³-hybridized carbons (Fsp3) is 0.359. The van der Waals surface area contributed by atoms with E-state index in [-0.39, 0.29) is 43.9 Å². The summed E-state index contributed by atoms with van der Waals surface area (Å²) in [5.41, 5.74) is 8.76. The molecule has 3 aliphatic rings. The average Bonchev–Trinajstić information content (AvgIpc) is 3.78. The van der Waals surface area contributed by atoms with Gasteiger partial charge in [-0.2, -0.15) is 0 Å². The van der Waals surface area contributed by atoms with Crippen LogP contribution in [0.25, 0.3) is 12.2 Å². The molecule has 0 aromatic carbocycles. The first-order chi connectivity index (χ1) is 26.0. The maximum Gasteiger partial charge on any atom is 0.335 e. The number of rotatable bonds is 14. The number of ether oxygens (including phenoxy) is 2. The summed E-state index contributed by atoms with van der Waals surface area (Å²) in [5.74, 6) is -4.08. The minimum absolute atomic E-state index is 0.0645. The molecule has 2 amide bonds. The molecule has 1 saturated heterocycles. The van der Waals surface area contributed by atoms with Crippen LogP contribution in [-0.2, 0) is 52.7 Å². The lowest BCUT2D eigenvalue weighted by Crippen LogP contribution is -2.60. The summed E-state index contributed by atoms with van der Waals surface area (Å²) < 4.78 is 10.3. The molecule has 0 bridgehead atoms. The number of aliphatic carboxylic acids is 2. The van der Waals surface area contributed by atoms with Crippen LogP contribution in [0.5, 0.6) is 0 Å². The lowest BCUT2D eigenvalue weighted by Gasteiger charge is -2.37. The normalized spacial score (nSPS) is 24.1. The molecule has 5 unspecified atom stereocenters. The topological polar surface area (TPSA) is 261 Å². The summed E-state index contributed by atoms with van der Waals surface area (Å²) in [6, 6.07) is 0. The summed E-state index contributed by atoms with van der Waals surface area (Å²) in [7, 11) is 0. The summed E-state index contributed by atoms with van der Waals surface area (Å²) in [4.78, 5) is 68.1. The van der Waals surface area contributed by atoms with Gasteiger partial charge in [-0.25, -0.2) is 4.79 Å². The first kappa shape index (κ1) is 40.4. The number of aromatic amines is 2. The van der Waals surface area contributed by atoms with E-state index in [0.717, 1.165) is 11.1 Å². The van der Waals surface area contributed by atoms with Gasteiger partial charge in [0.15, 0.2) is 6.10 Å². The Morgan fingerprint density at radius 2 is 1.29 bits per heavy atom. The molecule has 0 aliphatic carbocycles. The predicted octanol–water partition coefficient (Wildman–Crippen LogP) is 1.88. The molecule has 0 spiro atoms. The molecule has 3 aliphatic heterocycles. The minimum atomic E-state index is -1.96. The van der Waals surface area contributed by atoms with E-state index >= 15 is 0 Å². The molecule has 5 rings (SSSR count). The van der Waals surface area contributed by atoms with Crippen LogP contribution < -0.4 is 10.6 Å². The van der Waals surface area contributed by atoms with Crippen LogP contribution in [0.4, 0.5) is 0 Å². The third kappa shape index (κ3) is 8.17. The minimum Gasteiger partial charge on any atom is -0.481 e. The summed E-state index contributed by atoms with van der Waals surface area (Å²) in [5, 5.41) is 55.1. The molecule has 16 heteroatoms. The van der Waals surface area contributed by atoms with Gasteiger partial charge in [0.2, 0.25) is 6.29 Å². The number of carboxylic acids is 2. The second kappa shape index (κ2) is 16.3. The largest absolute Gasteiger partial charge is 0.481 e. The van der Waals surface area contributed by atoms with Gasteiger partial charge in [-0.15, -0.1) is 0 Å². The Hall–Kier alpha value is -5.81. The maximum atomic E-state index is 13.1. The van der Waals surface area contributed by atoms with Crippen molar-refractivity contribution in [1.29, 1.82) is 0 Å². The fourth-order valence-electron chi connectivity index (χ4n) is 6.94. The van der Waals surface area contributed by atoms with E-state index in [9.17, 15) is 49.5 Å². The molecule has 0 radical (unpaired) electrons. The molecular formula is C39H44N4O12. The number of hydrogen-bond donors (Lipinski definition) is 9. The molecule has 2 aromatic rings. The first-order valence-corrected chi connectivity index (χ1v) is 17.4. The van der Waals surface area contributed by atoms with Gasteiger partial charge in [-0.1, -0.05) is 25.3 Å². The molecule has 9 N–H and O–H groups in total. The number of nitrogens with one attached hydrogen (secondary N) is 4. The second-order valence-electron chi connectivity index (χ2n) is 13.5. The van der Waals surface area contributed by atoms with Crippen molar-refractivity contribution < 1.29 is 59.0 Å². The van der Waals surface area contributed by atoms with Crippen LogP contribution in [0.1, 0.15) is 71.7 Å². The standard InChI is InChI=1S/C39H44N4O12/c1-7-20-19(6)36(50)43-27(20)14-25-17(4)22(9-11-30(44)45)28(41-25)15-29-23(18(5)24(40-29)13-26-16(3)21(8-2)37(51)42-26)10-12-31(46)54-39-34(49)32(47)33(48)35(55-39)38(52)53/h7-8,13-14,32-35,39-41,47-49H,1-2,9-12,15H2,3-6H3,(H,42,51)(H,43,50)(H,44,45)(H,52,53). The zero-order valence-corrected chi connectivity index (χ0v) is 30.7. The van der Waals surface area contributed by atoms with Crippen LogP contribution in [0.2, 0.25) is 0 Å². The molecule has 5 atom stereocenters. The number of carboxylic acid groups (broad SMARTS) is 2. The monoisotopic (exact) mass is 760 g/mol. The SMILES string of the molecule is C=CC1=C(C)C(=Cc2[nH]c(Cc3[nH]c(C=C4NC(=O)C(C)=C4C=C)c(C)c3CCC(=O)O)c(CCC(=O)OC3OC(C(=O)O)C(O)C(O)C3O)c2C)NC1=O. The van der Waals surface area contributed by atoms with Crippen molar-refractivity contribution in [1.82, 2.24) is 20.6 Å². The Balaban J connectivity index is 1.51. The van der Waals surface area contributed by atoms with E-state index < -0.39 is 48.6 Å². The average molecular weight is 761 g/mol. The van der Waals surface area contributed by atoms with Crippen LogP contribution in [0.3, 0.4) is 0 Å². The zero-order chi connectivity index (χ0) is 40.5. The number of allylic oxidation sites excluding steroid dienone is 2. The number of esters is 1. The lowest BCUT2D eigenvalue weighted by molar-refractivity contribution is -0.286. The Morgan fingerprint density at radius 3 is 1.82 bits per heavy atom. The van der Waals surface area contributed by atoms with Crippen LogP contribution in [-0.4, -0.2) is 95.9 Å². The van der Waals surface area contributed by atoms with Crippen molar-refractivity contribution >= 4 is 41.9 Å². The van der Waals surface area contributed by atoms with Crippen LogP contribution >= 0.6 is 0 Å². The quantitative estimate of drug-likeness (QED) is 0.125. The second-order valence-corrected chi connectivity index (χ2v) is 13.5. The molecule has 0 saturated carbocycles. The predicted molar refractivity (Wildman–Crippen MR) is 197 cm³/mol. The number of carbonyl (C=O) groups is 5. The van der Waals surface area contributed by atoms with Gasteiger partial charge in [-0.3, -0.25) is 19.2 Å². The van der Waals surface area contributed by atoms with Crippen molar-refractivity contribution in [2.24, 2.45) is 0 Å². The first-order valence-electron chi connectivity index (χ1n) is 17.4. The highest BCUT2D eigenvalue weighted by molar-refractivity contribution is 6.03. The molecule has 292 valence electrons. The van der Waals surface area contributed by atoms with E-state index in [0.29, 0.717) is 67.6 Å². The third-order valence-electron chi connectivity index (χ3n) is 10.2. The number of aliphatic hydroxyl groups is 3. The van der Waals surface area contributed by atoms with Crippen molar-refractivity contribution in [3.05, 3.63) is 104 Å². The van der Waals surface area contributed by atoms with E-state index in [1.54, 1.807) is 32.1 Å². The molecule has 55 heavy (non-hydrogen) atoms. The van der Waals surface area contributed by atoms with Gasteiger partial charge in [0.25, 0.3) is 11.8 Å². The van der Waals surface area contributed by atoms with Gasteiger partial charge in [-0.05, 0) is 80.5 Å². The molecule has 2 aromatic heterocycles. The summed E-state index contributed by atoms with van der Waals surface area (Å²) in [6.45, 7) is 14.7. The van der Waals surface area contributed by atoms with E-state index in [1.165, 1.54) is 6.08 Å². The van der Waals surface area contributed by atoms with Gasteiger partial charge >= 0.3 is 17.9 Å². The number of amides is 2. The highest BCUT2D eigenvalue weighted by atomic mass is 16.7. The summed E-state index contributed by atoms with van der Waals surface area (Å²) in [6.07, 6.45) is -3.07. The van der Waals surface area contributed by atoms with Crippen LogP contribution in [0.15, 0.2) is 59.0 Å². The maximum absolute atomic E-state index is 13.1. The third-order valence-corrected chi connectivity index (χ3v) is 10.2. The van der Waals surface area contributed by atoms with Gasteiger partial charge < -0.3 is 55.6 Å². The number of H-pyrrole nitrogens is 2. The highest BCUT2D eigenvalue weighted by Gasteiger charge is 2.48. The Bertz CT molecular complexity index is 2110. The number of aromatic nitrogens is 2. The Labute approximate surface area is 315 Å². The van der Waals surface area contributed by atoms with Crippen LogP contribution in [0, 0.1) is 13.8 Å². The fourth-order valence-corrected chi connectivity index (χ4v) is 6.94. The van der Waals surface area contributed by atoms with E-state index in [2.05, 4.69) is 33.8 Å². The van der Waals surface area contributed by atoms with Gasteiger partial charge in [0, 0.05) is 64.5 Å². The van der Waals surface area contributed by atoms with Crippen molar-refractivity contribution in [3.63, 3.8) is 0 Å². The smallest absolute Gasteiger partial charge is 0.335 e. The van der Waals surface area contributed by atoms with E-state index in [1.807, 2.05) is 13.8 Å². The number of aliphatic hydroxyl groups excluding tert-OH is 3. The van der Waals surface area contributed by atoms with Crippen molar-refractivity contribution in [2.45, 2.75) is 90.5 Å².